The lowest BCUT2D eigenvalue weighted by atomic mass is 10.3. The molecule has 1 N–H and O–H groups in total. The van der Waals surface area contributed by atoms with Gasteiger partial charge in [0, 0.05) is 19.6 Å². The maximum absolute atomic E-state index is 12.5. The van der Waals surface area contributed by atoms with E-state index in [2.05, 4.69) is 0 Å². The topological polar surface area (TPSA) is 40.5 Å². The first-order chi connectivity index (χ1) is 5.18. The lowest BCUT2D eigenvalue weighted by Crippen LogP contribution is -2.24. The van der Waals surface area contributed by atoms with E-state index < -0.39 is 12.1 Å². The Hall–Kier alpha value is -0.640. The summed E-state index contributed by atoms with van der Waals surface area (Å²) in [5.41, 5.74) is 0. The number of aliphatic carboxylic acids is 1. The van der Waals surface area contributed by atoms with E-state index in [0.29, 0.717) is 26.1 Å². The molecule has 0 aromatic heterocycles. The van der Waals surface area contributed by atoms with Crippen molar-refractivity contribution in [2.45, 2.75) is 19.0 Å². The number of likely N-dealkylation sites (tertiary alicyclic amines) is 1. The van der Waals surface area contributed by atoms with Crippen molar-refractivity contribution >= 4 is 5.97 Å². The van der Waals surface area contributed by atoms with E-state index in [1.165, 1.54) is 0 Å². The first kappa shape index (κ1) is 8.46. The number of carbonyl (C=O) groups is 1. The SMILES string of the molecule is O=C(O)CCN1CC[C@H](F)C1. The molecule has 0 bridgehead atoms. The molecule has 0 unspecified atom stereocenters. The van der Waals surface area contributed by atoms with Gasteiger partial charge in [-0.3, -0.25) is 9.69 Å². The number of hydrogen-bond acceptors (Lipinski definition) is 2. The summed E-state index contributed by atoms with van der Waals surface area (Å²) in [7, 11) is 0. The Morgan fingerprint density at radius 3 is 2.91 bits per heavy atom. The van der Waals surface area contributed by atoms with Crippen molar-refractivity contribution < 1.29 is 14.3 Å². The van der Waals surface area contributed by atoms with Crippen molar-refractivity contribution in [1.82, 2.24) is 4.90 Å². The molecule has 1 aliphatic rings. The van der Waals surface area contributed by atoms with Gasteiger partial charge in [0.2, 0.25) is 0 Å². The first-order valence-electron chi connectivity index (χ1n) is 3.76. The summed E-state index contributed by atoms with van der Waals surface area (Å²) in [6.45, 7) is 1.59. The number of rotatable bonds is 3. The molecule has 1 saturated heterocycles. The molecule has 1 heterocycles. The van der Waals surface area contributed by atoms with Crippen LogP contribution in [0.3, 0.4) is 0 Å². The number of carboxylic acid groups (broad SMARTS) is 1. The molecule has 4 heteroatoms. The van der Waals surface area contributed by atoms with Crippen LogP contribution in [0.2, 0.25) is 0 Å². The maximum atomic E-state index is 12.5. The average Bonchev–Trinajstić information content (AvgIpc) is 2.31. The molecule has 0 saturated carbocycles. The van der Waals surface area contributed by atoms with Gasteiger partial charge >= 0.3 is 5.97 Å². The minimum Gasteiger partial charge on any atom is -0.481 e. The Kier molecular flexibility index (Phi) is 2.82. The third kappa shape index (κ3) is 2.84. The van der Waals surface area contributed by atoms with Crippen molar-refractivity contribution in [3.8, 4) is 0 Å². The van der Waals surface area contributed by atoms with Crippen LogP contribution in [0.5, 0.6) is 0 Å². The van der Waals surface area contributed by atoms with Crippen molar-refractivity contribution in [3.63, 3.8) is 0 Å². The largest absolute Gasteiger partial charge is 0.481 e. The quantitative estimate of drug-likeness (QED) is 0.655. The van der Waals surface area contributed by atoms with Gasteiger partial charge in [0.25, 0.3) is 0 Å². The molecular weight excluding hydrogens is 149 g/mol. The summed E-state index contributed by atoms with van der Waals surface area (Å²) >= 11 is 0. The highest BCUT2D eigenvalue weighted by Crippen LogP contribution is 2.11. The predicted molar refractivity (Wildman–Crippen MR) is 38.2 cm³/mol. The summed E-state index contributed by atoms with van der Waals surface area (Å²) in [6.07, 6.45) is -0.0735. The van der Waals surface area contributed by atoms with Crippen LogP contribution in [0.1, 0.15) is 12.8 Å². The Morgan fingerprint density at radius 1 is 1.73 bits per heavy atom. The molecule has 0 radical (unpaired) electrons. The summed E-state index contributed by atoms with van der Waals surface area (Å²) in [5.74, 6) is -0.813. The number of nitrogens with zero attached hydrogens (tertiary/aromatic N) is 1. The second-order valence-corrected chi connectivity index (χ2v) is 2.83. The molecule has 3 nitrogen and oxygen atoms in total. The minimum absolute atomic E-state index is 0.118. The molecule has 0 aromatic rings. The zero-order chi connectivity index (χ0) is 8.27. The third-order valence-electron chi connectivity index (χ3n) is 1.86. The Morgan fingerprint density at radius 2 is 2.45 bits per heavy atom. The van der Waals surface area contributed by atoms with Gasteiger partial charge in [-0.1, -0.05) is 0 Å². The fraction of sp³-hybridized carbons (Fsp3) is 0.857. The minimum atomic E-state index is -0.813. The molecule has 1 rings (SSSR count). The standard InChI is InChI=1S/C7H12FNO2/c8-6-1-3-9(5-6)4-2-7(10)11/h6H,1-5H2,(H,10,11)/t6-/m0/s1. The number of alkyl halides is 1. The van der Waals surface area contributed by atoms with Gasteiger partial charge in [-0.15, -0.1) is 0 Å². The third-order valence-corrected chi connectivity index (χ3v) is 1.86. The van der Waals surface area contributed by atoms with Crippen LogP contribution in [0, 0.1) is 0 Å². The Balaban J connectivity index is 2.13. The van der Waals surface area contributed by atoms with Crippen molar-refractivity contribution in [1.29, 1.82) is 0 Å². The highest BCUT2D eigenvalue weighted by molar-refractivity contribution is 5.66. The number of hydrogen-bond donors (Lipinski definition) is 1. The van der Waals surface area contributed by atoms with Gasteiger partial charge in [0.1, 0.15) is 6.17 Å². The van der Waals surface area contributed by atoms with Crippen LogP contribution >= 0.6 is 0 Å². The Bertz CT molecular complexity index is 151. The van der Waals surface area contributed by atoms with Crippen LogP contribution in [0.4, 0.5) is 4.39 Å². The average molecular weight is 161 g/mol. The van der Waals surface area contributed by atoms with E-state index in [9.17, 15) is 9.18 Å². The molecule has 64 valence electrons. The molecule has 0 aromatic carbocycles. The van der Waals surface area contributed by atoms with Crippen LogP contribution in [-0.2, 0) is 4.79 Å². The van der Waals surface area contributed by atoms with E-state index in [4.69, 9.17) is 5.11 Å². The maximum Gasteiger partial charge on any atom is 0.304 e. The highest BCUT2D eigenvalue weighted by Gasteiger charge is 2.21. The van der Waals surface area contributed by atoms with E-state index in [1.807, 2.05) is 4.90 Å². The van der Waals surface area contributed by atoms with Gasteiger partial charge in [-0.05, 0) is 6.42 Å². The first-order valence-corrected chi connectivity index (χ1v) is 3.76. The molecule has 1 atom stereocenters. The van der Waals surface area contributed by atoms with Gasteiger partial charge < -0.3 is 5.11 Å². The molecule has 0 spiro atoms. The fourth-order valence-electron chi connectivity index (χ4n) is 1.24. The summed E-state index contributed by atoms with van der Waals surface area (Å²) in [4.78, 5) is 12.0. The molecular formula is C7H12FNO2. The van der Waals surface area contributed by atoms with Crippen LogP contribution in [0.25, 0.3) is 0 Å². The normalized spacial score (nSPS) is 25.7. The second kappa shape index (κ2) is 3.67. The van der Waals surface area contributed by atoms with Crippen LogP contribution in [-0.4, -0.2) is 41.8 Å². The zero-order valence-electron chi connectivity index (χ0n) is 6.29. The lowest BCUT2D eigenvalue weighted by Gasteiger charge is -2.11. The summed E-state index contributed by atoms with van der Waals surface area (Å²) in [5, 5.41) is 8.32. The molecule has 11 heavy (non-hydrogen) atoms. The summed E-state index contributed by atoms with van der Waals surface area (Å²) < 4.78 is 12.5. The molecule has 1 fully saturated rings. The molecule has 0 aliphatic carbocycles. The van der Waals surface area contributed by atoms with Crippen LogP contribution < -0.4 is 0 Å². The predicted octanol–water partition coefficient (Wildman–Crippen LogP) is 0.505. The lowest BCUT2D eigenvalue weighted by molar-refractivity contribution is -0.137. The van der Waals surface area contributed by atoms with Crippen molar-refractivity contribution in [2.75, 3.05) is 19.6 Å². The van der Waals surface area contributed by atoms with Gasteiger partial charge in [-0.25, -0.2) is 4.39 Å². The van der Waals surface area contributed by atoms with Gasteiger partial charge in [-0.2, -0.15) is 0 Å². The number of halogens is 1. The van der Waals surface area contributed by atoms with Crippen LogP contribution in [0.15, 0.2) is 0 Å². The number of carboxylic acids is 1. The molecule has 0 amide bonds. The van der Waals surface area contributed by atoms with E-state index in [1.54, 1.807) is 0 Å². The smallest absolute Gasteiger partial charge is 0.304 e. The Labute approximate surface area is 64.8 Å². The fourth-order valence-corrected chi connectivity index (χ4v) is 1.24. The monoisotopic (exact) mass is 161 g/mol. The van der Waals surface area contributed by atoms with E-state index in [-0.39, 0.29) is 6.42 Å². The van der Waals surface area contributed by atoms with E-state index >= 15 is 0 Å². The summed E-state index contributed by atoms with van der Waals surface area (Å²) in [6, 6.07) is 0. The second-order valence-electron chi connectivity index (χ2n) is 2.83. The zero-order valence-corrected chi connectivity index (χ0v) is 6.29. The molecule has 1 aliphatic heterocycles. The van der Waals surface area contributed by atoms with Crippen molar-refractivity contribution in [2.24, 2.45) is 0 Å². The van der Waals surface area contributed by atoms with E-state index in [0.717, 1.165) is 0 Å². The van der Waals surface area contributed by atoms with Gasteiger partial charge in [0.05, 0.1) is 6.42 Å². The van der Waals surface area contributed by atoms with Crippen molar-refractivity contribution in [3.05, 3.63) is 0 Å². The van der Waals surface area contributed by atoms with Gasteiger partial charge in [0.15, 0.2) is 0 Å². The highest BCUT2D eigenvalue weighted by atomic mass is 19.1.